The Kier molecular flexibility index (Phi) is 6.84. The van der Waals surface area contributed by atoms with Crippen molar-refractivity contribution in [3.63, 3.8) is 0 Å². The number of rotatable bonds is 8. The Bertz CT molecular complexity index is 340. The number of esters is 1. The third-order valence-electron chi connectivity index (χ3n) is 2.52. The molecule has 100 valence electrons. The van der Waals surface area contributed by atoms with E-state index in [-0.39, 0.29) is 18.7 Å². The summed E-state index contributed by atoms with van der Waals surface area (Å²) in [6, 6.07) is 5.31. The lowest BCUT2D eigenvalue weighted by molar-refractivity contribution is -0.151. The number of unbranched alkanes of at least 4 members (excludes halogenated alkanes) is 2. The Hall–Kier alpha value is -1.58. The van der Waals surface area contributed by atoms with Gasteiger partial charge in [-0.15, -0.1) is 0 Å². The van der Waals surface area contributed by atoms with Crippen LogP contribution in [0.2, 0.25) is 0 Å². The molecule has 0 aliphatic heterocycles. The first kappa shape index (κ1) is 14.5. The molecule has 0 aromatic carbocycles. The maximum atomic E-state index is 11.5. The average molecular weight is 251 g/mol. The molecule has 1 atom stereocenters. The third kappa shape index (κ3) is 6.23. The summed E-state index contributed by atoms with van der Waals surface area (Å²) in [6.07, 6.45) is 5.91. The van der Waals surface area contributed by atoms with Crippen LogP contribution in [0.4, 0.5) is 0 Å². The molecule has 0 bridgehead atoms. The molecule has 4 nitrogen and oxygen atoms in total. The van der Waals surface area contributed by atoms with Crippen molar-refractivity contribution in [1.82, 2.24) is 4.98 Å². The molecule has 0 spiro atoms. The number of pyridine rings is 1. The molecule has 18 heavy (non-hydrogen) atoms. The third-order valence-corrected chi connectivity index (χ3v) is 2.52. The summed E-state index contributed by atoms with van der Waals surface area (Å²) in [7, 11) is 0. The second kappa shape index (κ2) is 8.50. The lowest BCUT2D eigenvalue weighted by Gasteiger charge is -2.13. The van der Waals surface area contributed by atoms with Crippen LogP contribution in [0.5, 0.6) is 5.88 Å². The van der Waals surface area contributed by atoms with Crippen LogP contribution in [-0.4, -0.2) is 23.7 Å². The Balaban J connectivity index is 2.17. The van der Waals surface area contributed by atoms with E-state index in [1.807, 2.05) is 6.92 Å². The maximum absolute atomic E-state index is 11.5. The van der Waals surface area contributed by atoms with Crippen molar-refractivity contribution in [3.05, 3.63) is 24.4 Å². The molecule has 0 fully saturated rings. The standard InChI is InChI=1S/C14H21NO3/c1-3-4-5-8-12(2)18-14(16)11-17-13-9-6-7-10-15-13/h6-7,9-10,12H,3-5,8,11H2,1-2H3. The molecule has 1 aromatic heterocycles. The largest absolute Gasteiger partial charge is 0.466 e. The SMILES string of the molecule is CCCCCC(C)OC(=O)COc1ccccn1. The van der Waals surface area contributed by atoms with Gasteiger partial charge in [-0.2, -0.15) is 0 Å². The van der Waals surface area contributed by atoms with E-state index in [1.54, 1.807) is 24.4 Å². The second-order valence-electron chi connectivity index (χ2n) is 4.25. The maximum Gasteiger partial charge on any atom is 0.344 e. The highest BCUT2D eigenvalue weighted by atomic mass is 16.6. The van der Waals surface area contributed by atoms with E-state index in [0.29, 0.717) is 5.88 Å². The molecule has 0 aliphatic rings. The summed E-state index contributed by atoms with van der Waals surface area (Å²) in [4.78, 5) is 15.4. The fraction of sp³-hybridized carbons (Fsp3) is 0.571. The number of aromatic nitrogens is 1. The molecule has 0 radical (unpaired) electrons. The van der Waals surface area contributed by atoms with Crippen LogP contribution in [0.1, 0.15) is 39.5 Å². The van der Waals surface area contributed by atoms with Gasteiger partial charge in [0.15, 0.2) is 6.61 Å². The van der Waals surface area contributed by atoms with Gasteiger partial charge in [-0.05, 0) is 25.8 Å². The molecule has 0 saturated carbocycles. The summed E-state index contributed by atoms with van der Waals surface area (Å²) in [5.74, 6) is 0.0951. The van der Waals surface area contributed by atoms with Gasteiger partial charge in [-0.25, -0.2) is 9.78 Å². The number of hydrogen-bond donors (Lipinski definition) is 0. The van der Waals surface area contributed by atoms with Gasteiger partial charge in [0.1, 0.15) is 0 Å². The van der Waals surface area contributed by atoms with Crippen molar-refractivity contribution in [2.75, 3.05) is 6.61 Å². The number of carbonyl (C=O) groups excluding carboxylic acids is 1. The Morgan fingerprint density at radius 2 is 2.22 bits per heavy atom. The minimum Gasteiger partial charge on any atom is -0.466 e. The average Bonchev–Trinajstić information content (AvgIpc) is 2.38. The van der Waals surface area contributed by atoms with Crippen LogP contribution in [0.3, 0.4) is 0 Å². The highest BCUT2D eigenvalue weighted by molar-refractivity contribution is 5.71. The van der Waals surface area contributed by atoms with Gasteiger partial charge in [-0.1, -0.05) is 25.8 Å². The number of hydrogen-bond acceptors (Lipinski definition) is 4. The van der Waals surface area contributed by atoms with E-state index < -0.39 is 0 Å². The highest BCUT2D eigenvalue weighted by Crippen LogP contribution is 2.07. The van der Waals surface area contributed by atoms with E-state index in [0.717, 1.165) is 12.8 Å². The summed E-state index contributed by atoms with van der Waals surface area (Å²) >= 11 is 0. The van der Waals surface area contributed by atoms with E-state index in [2.05, 4.69) is 11.9 Å². The number of carbonyl (C=O) groups is 1. The van der Waals surface area contributed by atoms with E-state index >= 15 is 0 Å². The lowest BCUT2D eigenvalue weighted by atomic mass is 10.1. The van der Waals surface area contributed by atoms with Crippen molar-refractivity contribution in [2.45, 2.75) is 45.6 Å². The van der Waals surface area contributed by atoms with Gasteiger partial charge in [0.25, 0.3) is 0 Å². The van der Waals surface area contributed by atoms with Gasteiger partial charge in [-0.3, -0.25) is 0 Å². The smallest absolute Gasteiger partial charge is 0.344 e. The van der Waals surface area contributed by atoms with E-state index in [4.69, 9.17) is 9.47 Å². The summed E-state index contributed by atoms with van der Waals surface area (Å²) in [6.45, 7) is 3.97. The minimum atomic E-state index is -0.343. The van der Waals surface area contributed by atoms with Crippen molar-refractivity contribution < 1.29 is 14.3 Å². The molecule has 0 aliphatic carbocycles. The Morgan fingerprint density at radius 1 is 1.39 bits per heavy atom. The van der Waals surface area contributed by atoms with Crippen LogP contribution in [0, 0.1) is 0 Å². The van der Waals surface area contributed by atoms with Crippen LogP contribution in [-0.2, 0) is 9.53 Å². The monoisotopic (exact) mass is 251 g/mol. The number of nitrogens with zero attached hydrogens (tertiary/aromatic N) is 1. The summed E-state index contributed by atoms with van der Waals surface area (Å²) in [5, 5.41) is 0. The van der Waals surface area contributed by atoms with Gasteiger partial charge in [0, 0.05) is 12.3 Å². The Morgan fingerprint density at radius 3 is 2.89 bits per heavy atom. The Labute approximate surface area is 108 Å². The molecule has 1 rings (SSSR count). The first-order valence-electron chi connectivity index (χ1n) is 6.45. The van der Waals surface area contributed by atoms with Crippen LogP contribution in [0.15, 0.2) is 24.4 Å². The zero-order valence-corrected chi connectivity index (χ0v) is 11.1. The molecule has 0 amide bonds. The fourth-order valence-electron chi connectivity index (χ4n) is 1.56. The molecule has 0 saturated heterocycles. The van der Waals surface area contributed by atoms with Crippen molar-refractivity contribution in [1.29, 1.82) is 0 Å². The zero-order valence-electron chi connectivity index (χ0n) is 11.1. The molecule has 0 N–H and O–H groups in total. The van der Waals surface area contributed by atoms with Crippen molar-refractivity contribution in [2.24, 2.45) is 0 Å². The second-order valence-corrected chi connectivity index (χ2v) is 4.25. The highest BCUT2D eigenvalue weighted by Gasteiger charge is 2.10. The molecular formula is C14H21NO3. The van der Waals surface area contributed by atoms with Crippen LogP contribution >= 0.6 is 0 Å². The molecule has 1 aromatic rings. The first-order valence-corrected chi connectivity index (χ1v) is 6.45. The molecule has 1 unspecified atom stereocenters. The van der Waals surface area contributed by atoms with E-state index in [9.17, 15) is 4.79 Å². The van der Waals surface area contributed by atoms with Crippen LogP contribution in [0.25, 0.3) is 0 Å². The molecular weight excluding hydrogens is 230 g/mol. The molecule has 1 heterocycles. The minimum absolute atomic E-state index is 0.0450. The lowest BCUT2D eigenvalue weighted by Crippen LogP contribution is -2.20. The van der Waals surface area contributed by atoms with Crippen molar-refractivity contribution in [3.8, 4) is 5.88 Å². The quantitative estimate of drug-likeness (QED) is 0.526. The molecule has 4 heteroatoms. The zero-order chi connectivity index (χ0) is 13.2. The topological polar surface area (TPSA) is 48.4 Å². The fourth-order valence-corrected chi connectivity index (χ4v) is 1.56. The predicted octanol–water partition coefficient (Wildman–Crippen LogP) is 2.97. The van der Waals surface area contributed by atoms with Gasteiger partial charge >= 0.3 is 5.97 Å². The van der Waals surface area contributed by atoms with Gasteiger partial charge in [0.05, 0.1) is 6.10 Å². The van der Waals surface area contributed by atoms with E-state index in [1.165, 1.54) is 12.8 Å². The van der Waals surface area contributed by atoms with Gasteiger partial charge in [0.2, 0.25) is 5.88 Å². The normalized spacial score (nSPS) is 11.9. The van der Waals surface area contributed by atoms with Crippen LogP contribution < -0.4 is 4.74 Å². The first-order chi connectivity index (χ1) is 8.72. The number of ether oxygens (including phenoxy) is 2. The predicted molar refractivity (Wildman–Crippen MR) is 69.4 cm³/mol. The van der Waals surface area contributed by atoms with Gasteiger partial charge < -0.3 is 9.47 Å². The van der Waals surface area contributed by atoms with Crippen molar-refractivity contribution >= 4 is 5.97 Å². The summed E-state index contributed by atoms with van der Waals surface area (Å²) < 4.78 is 10.4. The summed E-state index contributed by atoms with van der Waals surface area (Å²) in [5.41, 5.74) is 0.